The third kappa shape index (κ3) is 5.65. The molecule has 39 heavy (non-hydrogen) atoms. The molecule has 0 fully saturated rings. The van der Waals surface area contributed by atoms with Crippen LogP contribution in [0.25, 0.3) is 11.8 Å². The van der Waals surface area contributed by atoms with Gasteiger partial charge in [-0.3, -0.25) is 9.48 Å². The first-order valence-corrected chi connectivity index (χ1v) is 11.7. The van der Waals surface area contributed by atoms with E-state index in [-0.39, 0.29) is 37.9 Å². The summed E-state index contributed by atoms with van der Waals surface area (Å²) in [5.74, 6) is 0.513. The van der Waals surface area contributed by atoms with E-state index < -0.39 is 5.97 Å². The Kier molecular flexibility index (Phi) is 7.78. The Morgan fingerprint density at radius 1 is 1.08 bits per heavy atom. The Bertz CT molecular complexity index is 1600. The number of benzene rings is 3. The normalized spacial score (nSPS) is 11.9. The van der Waals surface area contributed by atoms with E-state index in [0.29, 0.717) is 39.7 Å². The molecule has 0 amide bonds. The highest BCUT2D eigenvalue weighted by Gasteiger charge is 2.20. The van der Waals surface area contributed by atoms with Gasteiger partial charge in [-0.1, -0.05) is 13.5 Å². The third-order valence-electron chi connectivity index (χ3n) is 6.11. The number of nitrogens with zero attached hydrogens (tertiary/aromatic N) is 2. The van der Waals surface area contributed by atoms with Crippen molar-refractivity contribution in [3.63, 3.8) is 0 Å². The van der Waals surface area contributed by atoms with Gasteiger partial charge in [-0.15, -0.1) is 0 Å². The van der Waals surface area contributed by atoms with Crippen LogP contribution < -0.4 is 25.1 Å². The number of hydrogen-bond acceptors (Lipinski definition) is 8. The van der Waals surface area contributed by atoms with E-state index in [4.69, 9.17) is 14.2 Å². The van der Waals surface area contributed by atoms with Crippen molar-refractivity contribution in [2.45, 2.75) is 21.0 Å². The second-order valence-electron chi connectivity index (χ2n) is 8.63. The molecule has 10 heteroatoms. The zero-order valence-electron chi connectivity index (χ0n) is 20.7. The molecular formula is C29H29N3O7. The Balaban J connectivity index is 0.00000353. The van der Waals surface area contributed by atoms with Crippen LogP contribution in [0.3, 0.4) is 0 Å². The van der Waals surface area contributed by atoms with Crippen molar-refractivity contribution in [3.05, 3.63) is 93.9 Å². The average Bonchev–Trinajstić information content (AvgIpc) is 3.46. The van der Waals surface area contributed by atoms with Crippen molar-refractivity contribution in [1.82, 2.24) is 9.36 Å². The van der Waals surface area contributed by atoms with Gasteiger partial charge in [0, 0.05) is 48.3 Å². The highest BCUT2D eigenvalue weighted by atomic mass is 16.7. The highest BCUT2D eigenvalue weighted by molar-refractivity contribution is 5.90. The molecule has 5 rings (SSSR count). The molecule has 0 radical (unpaired) electrons. The number of phenols is 1. The van der Waals surface area contributed by atoms with Crippen molar-refractivity contribution < 1.29 is 29.2 Å². The van der Waals surface area contributed by atoms with Crippen LogP contribution in [0, 0.1) is 6.92 Å². The van der Waals surface area contributed by atoms with E-state index in [0.717, 1.165) is 5.69 Å². The first-order chi connectivity index (χ1) is 18.3. The van der Waals surface area contributed by atoms with Gasteiger partial charge >= 0.3 is 5.97 Å². The van der Waals surface area contributed by atoms with E-state index in [1.54, 1.807) is 39.7 Å². The molecule has 1 aromatic heterocycles. The van der Waals surface area contributed by atoms with E-state index >= 15 is 0 Å². The predicted octanol–water partition coefficient (Wildman–Crippen LogP) is 4.41. The van der Waals surface area contributed by atoms with Gasteiger partial charge in [0.25, 0.3) is 5.56 Å². The topological polar surface area (TPSA) is 124 Å². The Morgan fingerprint density at radius 2 is 1.79 bits per heavy atom. The first kappa shape index (κ1) is 27.1. The van der Waals surface area contributed by atoms with Gasteiger partial charge in [0.15, 0.2) is 17.2 Å². The SMILES string of the molecule is C.Cc1cc(=O)n(-c2ccc(Nc3cc4c(cc3OC(=O)/C=C/c3ccc(O)c(CO)c3)OCO4)cc2)n1C. The second kappa shape index (κ2) is 11.2. The molecule has 2 heterocycles. The second-order valence-corrected chi connectivity index (χ2v) is 8.63. The Morgan fingerprint density at radius 3 is 2.46 bits per heavy atom. The lowest BCUT2D eigenvalue weighted by atomic mass is 10.1. The molecule has 0 unspecified atom stereocenters. The number of anilines is 2. The molecule has 3 aromatic carbocycles. The van der Waals surface area contributed by atoms with Crippen molar-refractivity contribution >= 4 is 23.4 Å². The summed E-state index contributed by atoms with van der Waals surface area (Å²) in [6.07, 6.45) is 2.77. The number of aromatic hydroxyl groups is 1. The number of ether oxygens (including phenoxy) is 3. The molecule has 0 aliphatic carbocycles. The Hall–Kier alpha value is -4.96. The summed E-state index contributed by atoms with van der Waals surface area (Å²) in [4.78, 5) is 24.9. The molecule has 1 aliphatic heterocycles. The average molecular weight is 532 g/mol. The van der Waals surface area contributed by atoms with Crippen LogP contribution in [0.2, 0.25) is 0 Å². The fraction of sp³-hybridized carbons (Fsp3) is 0.172. The first-order valence-electron chi connectivity index (χ1n) is 11.7. The largest absolute Gasteiger partial charge is 0.508 e. The molecule has 0 bridgehead atoms. The minimum Gasteiger partial charge on any atom is -0.508 e. The maximum atomic E-state index is 12.6. The maximum absolute atomic E-state index is 12.6. The number of aromatic nitrogens is 2. The van der Waals surface area contributed by atoms with Crippen molar-refractivity contribution in [1.29, 1.82) is 0 Å². The molecule has 0 saturated carbocycles. The molecule has 4 aromatic rings. The van der Waals surface area contributed by atoms with E-state index in [9.17, 15) is 19.8 Å². The summed E-state index contributed by atoms with van der Waals surface area (Å²) in [6.45, 7) is 1.59. The fourth-order valence-electron chi connectivity index (χ4n) is 4.03. The van der Waals surface area contributed by atoms with Crippen LogP contribution in [0.15, 0.2) is 71.5 Å². The summed E-state index contributed by atoms with van der Waals surface area (Å²) in [5.41, 5.74) is 3.56. The van der Waals surface area contributed by atoms with Crippen LogP contribution in [0.1, 0.15) is 24.2 Å². The number of aliphatic hydroxyl groups is 1. The zero-order valence-corrected chi connectivity index (χ0v) is 20.7. The van der Waals surface area contributed by atoms with Crippen molar-refractivity contribution in [2.24, 2.45) is 7.05 Å². The number of nitrogens with one attached hydrogen (secondary N) is 1. The third-order valence-corrected chi connectivity index (χ3v) is 6.11. The van der Waals surface area contributed by atoms with Crippen molar-refractivity contribution in [3.8, 4) is 28.7 Å². The van der Waals surface area contributed by atoms with Crippen LogP contribution >= 0.6 is 0 Å². The number of rotatable bonds is 7. The summed E-state index contributed by atoms with van der Waals surface area (Å²) in [7, 11) is 1.82. The molecule has 1 aliphatic rings. The predicted molar refractivity (Wildman–Crippen MR) is 147 cm³/mol. The van der Waals surface area contributed by atoms with Gasteiger partial charge in [0.05, 0.1) is 18.0 Å². The minimum absolute atomic E-state index is 0. The fourth-order valence-corrected chi connectivity index (χ4v) is 4.03. The molecule has 0 saturated heterocycles. The molecule has 10 nitrogen and oxygen atoms in total. The van der Waals surface area contributed by atoms with Crippen molar-refractivity contribution in [2.75, 3.05) is 12.1 Å². The summed E-state index contributed by atoms with van der Waals surface area (Å²) in [6, 6.07) is 16.7. The van der Waals surface area contributed by atoms with Gasteiger partial charge in [-0.2, -0.15) is 0 Å². The standard InChI is InChI=1S/C28H25N3O7.CH4/c1-17-11-27(34)31(30(17)2)21-7-5-20(6-8-21)29-22-13-25-26(37-16-36-25)14-24(22)38-28(35)10-4-18-3-9-23(33)19(12-18)15-32;/h3-14,29,32-33H,15-16H2,1-2H3;1H4/b10-4+;. The quantitative estimate of drug-likeness (QED) is 0.182. The van der Waals surface area contributed by atoms with Gasteiger partial charge < -0.3 is 29.7 Å². The molecular weight excluding hydrogens is 502 g/mol. The zero-order chi connectivity index (χ0) is 26.8. The van der Waals surface area contributed by atoms with Crippen LogP contribution in [-0.4, -0.2) is 32.3 Å². The number of fused-ring (bicyclic) bond motifs is 1. The van der Waals surface area contributed by atoms with Gasteiger partial charge in [0.2, 0.25) is 6.79 Å². The Labute approximate surface area is 224 Å². The molecule has 202 valence electrons. The summed E-state index contributed by atoms with van der Waals surface area (Å²) < 4.78 is 19.9. The van der Waals surface area contributed by atoms with Gasteiger partial charge in [-0.25, -0.2) is 9.48 Å². The number of aliphatic hydroxyl groups excluding tert-OH is 1. The van der Waals surface area contributed by atoms with Crippen LogP contribution in [0.5, 0.6) is 23.0 Å². The highest BCUT2D eigenvalue weighted by Crippen LogP contribution is 2.42. The lowest BCUT2D eigenvalue weighted by Gasteiger charge is -2.14. The van der Waals surface area contributed by atoms with Crippen LogP contribution in [-0.2, 0) is 18.4 Å². The van der Waals surface area contributed by atoms with E-state index in [1.807, 2.05) is 38.2 Å². The number of carbonyl (C=O) groups excluding carboxylic acids is 1. The van der Waals surface area contributed by atoms with Gasteiger partial charge in [0.1, 0.15) is 5.75 Å². The molecule has 0 atom stereocenters. The summed E-state index contributed by atoms with van der Waals surface area (Å²) in [5, 5.41) is 22.3. The number of aryl methyl sites for hydroxylation is 1. The van der Waals surface area contributed by atoms with Gasteiger partial charge in [-0.05, 0) is 55.0 Å². The molecule has 0 spiro atoms. The smallest absolute Gasteiger partial charge is 0.336 e. The van der Waals surface area contributed by atoms with E-state index in [2.05, 4.69) is 5.32 Å². The minimum atomic E-state index is -0.640. The summed E-state index contributed by atoms with van der Waals surface area (Å²) >= 11 is 0. The maximum Gasteiger partial charge on any atom is 0.336 e. The monoisotopic (exact) mass is 531 g/mol. The number of carbonyl (C=O) groups is 1. The van der Waals surface area contributed by atoms with Crippen LogP contribution in [0.4, 0.5) is 11.4 Å². The lowest BCUT2D eigenvalue weighted by molar-refractivity contribution is -0.128. The van der Waals surface area contributed by atoms with E-state index in [1.165, 1.54) is 18.2 Å². The lowest BCUT2D eigenvalue weighted by Crippen LogP contribution is -2.19. The number of esters is 1. The number of hydrogen-bond donors (Lipinski definition) is 3. The molecule has 3 N–H and O–H groups in total.